The van der Waals surface area contributed by atoms with Crippen LogP contribution in [0.5, 0.6) is 5.88 Å². The Morgan fingerprint density at radius 1 is 1.14 bits per heavy atom. The quantitative estimate of drug-likeness (QED) is 0.281. The molecule has 0 fully saturated rings. The first-order valence-electron chi connectivity index (χ1n) is 10.2. The minimum atomic E-state index is -4.60. The van der Waals surface area contributed by atoms with Crippen LogP contribution >= 0.6 is 23.2 Å². The lowest BCUT2D eigenvalue weighted by molar-refractivity contribution is -0.137. The van der Waals surface area contributed by atoms with Crippen LogP contribution < -0.4 is 15.4 Å². The zero-order valence-corrected chi connectivity index (χ0v) is 20.1. The van der Waals surface area contributed by atoms with E-state index in [4.69, 9.17) is 27.9 Å². The number of hydrogen-bond donors (Lipinski definition) is 2. The number of ether oxygens (including phenoxy) is 1. The summed E-state index contributed by atoms with van der Waals surface area (Å²) < 4.78 is 59.6. The van der Waals surface area contributed by atoms with E-state index < -0.39 is 23.5 Å². The number of nitrogens with zero attached hydrogens (tertiary/aromatic N) is 4. The number of nitrogens with one attached hydrogen (secondary N) is 2. The van der Waals surface area contributed by atoms with Gasteiger partial charge in [-0.1, -0.05) is 23.2 Å². The van der Waals surface area contributed by atoms with Gasteiger partial charge < -0.3 is 15.4 Å². The number of alkyl halides is 3. The zero-order valence-electron chi connectivity index (χ0n) is 18.5. The Morgan fingerprint density at radius 2 is 1.83 bits per heavy atom. The van der Waals surface area contributed by atoms with Crippen molar-refractivity contribution in [3.63, 3.8) is 0 Å². The SMILES string of the molecule is CCOc1nc2c(cc1C(=O)Nc1cc(C(F)(F)F)ccn1)nc(Nc1c(Cl)cc(F)cc1Cl)n2C. The molecule has 188 valence electrons. The Hall–Kier alpha value is -3.64. The second-order valence-electron chi connectivity index (χ2n) is 7.36. The summed E-state index contributed by atoms with van der Waals surface area (Å²) in [6.07, 6.45) is -3.67. The molecule has 0 saturated carbocycles. The lowest BCUT2D eigenvalue weighted by Crippen LogP contribution is -2.16. The zero-order chi connectivity index (χ0) is 26.2. The highest BCUT2D eigenvalue weighted by Crippen LogP contribution is 2.35. The number of imidazole rings is 1. The van der Waals surface area contributed by atoms with Gasteiger partial charge >= 0.3 is 6.18 Å². The fraction of sp³-hybridized carbons (Fsp3) is 0.182. The molecule has 0 aliphatic carbocycles. The first-order valence-corrected chi connectivity index (χ1v) is 11.0. The number of benzene rings is 1. The van der Waals surface area contributed by atoms with Crippen LogP contribution in [0, 0.1) is 5.82 Å². The van der Waals surface area contributed by atoms with E-state index in [2.05, 4.69) is 25.6 Å². The van der Waals surface area contributed by atoms with Crippen LogP contribution in [-0.2, 0) is 13.2 Å². The van der Waals surface area contributed by atoms with E-state index in [0.29, 0.717) is 11.7 Å². The van der Waals surface area contributed by atoms with Gasteiger partial charge in [-0.2, -0.15) is 18.2 Å². The van der Waals surface area contributed by atoms with Crippen molar-refractivity contribution in [2.24, 2.45) is 7.05 Å². The molecule has 4 aromatic rings. The van der Waals surface area contributed by atoms with Gasteiger partial charge in [0.05, 0.1) is 27.9 Å². The van der Waals surface area contributed by atoms with E-state index in [-0.39, 0.29) is 51.1 Å². The maximum Gasteiger partial charge on any atom is 0.416 e. The lowest BCUT2D eigenvalue weighted by atomic mass is 10.2. The van der Waals surface area contributed by atoms with Gasteiger partial charge in [-0.25, -0.2) is 14.4 Å². The molecule has 14 heteroatoms. The molecule has 36 heavy (non-hydrogen) atoms. The molecular formula is C22H16Cl2F4N6O2. The number of pyridine rings is 2. The molecule has 1 aromatic carbocycles. The van der Waals surface area contributed by atoms with Gasteiger partial charge in [0.1, 0.15) is 22.7 Å². The van der Waals surface area contributed by atoms with Crippen LogP contribution in [0.3, 0.4) is 0 Å². The number of aromatic nitrogens is 4. The standard InChI is InChI=1S/C22H16Cl2F4N6O2/c1-3-36-20-12(19(35)31-16-6-10(4-5-29-16)22(26,27)28)9-15-18(33-20)34(2)21(30-15)32-17-13(23)7-11(25)8-14(17)24/h4-9H,3H2,1-2H3,(H,30,32)(H,29,31,35). The number of fused-ring (bicyclic) bond motifs is 1. The van der Waals surface area contributed by atoms with Crippen molar-refractivity contribution in [3.8, 4) is 5.88 Å². The van der Waals surface area contributed by atoms with Crippen molar-refractivity contribution in [2.45, 2.75) is 13.1 Å². The predicted octanol–water partition coefficient (Wildman–Crippen LogP) is 6.22. The monoisotopic (exact) mass is 542 g/mol. The number of carbonyl (C=O) groups excluding carboxylic acids is 1. The summed E-state index contributed by atoms with van der Waals surface area (Å²) in [6, 6.07) is 5.03. The van der Waals surface area contributed by atoms with Crippen LogP contribution in [-0.4, -0.2) is 32.0 Å². The third-order valence-electron chi connectivity index (χ3n) is 4.91. The van der Waals surface area contributed by atoms with E-state index in [1.54, 1.807) is 14.0 Å². The van der Waals surface area contributed by atoms with E-state index in [9.17, 15) is 22.4 Å². The maximum atomic E-state index is 13.5. The largest absolute Gasteiger partial charge is 0.477 e. The number of anilines is 3. The molecule has 1 amide bonds. The molecule has 0 aliphatic rings. The second-order valence-corrected chi connectivity index (χ2v) is 8.18. The van der Waals surface area contributed by atoms with Crippen LogP contribution in [0.4, 0.5) is 35.0 Å². The molecule has 0 unspecified atom stereocenters. The van der Waals surface area contributed by atoms with Gasteiger partial charge in [-0.05, 0) is 37.3 Å². The van der Waals surface area contributed by atoms with Gasteiger partial charge in [0.15, 0.2) is 5.65 Å². The number of aryl methyl sites for hydroxylation is 1. The van der Waals surface area contributed by atoms with Crippen molar-refractivity contribution in [3.05, 3.63) is 63.5 Å². The molecule has 8 nitrogen and oxygen atoms in total. The van der Waals surface area contributed by atoms with Gasteiger partial charge in [-0.3, -0.25) is 9.36 Å². The average Bonchev–Trinajstić information content (AvgIpc) is 3.10. The number of hydrogen-bond acceptors (Lipinski definition) is 6. The van der Waals surface area contributed by atoms with E-state index >= 15 is 0 Å². The molecule has 0 spiro atoms. The normalized spacial score (nSPS) is 11.6. The van der Waals surface area contributed by atoms with Crippen molar-refractivity contribution >= 4 is 57.7 Å². The summed E-state index contributed by atoms with van der Waals surface area (Å²) in [5.74, 6) is -1.57. The number of amides is 1. The minimum Gasteiger partial charge on any atom is -0.477 e. The van der Waals surface area contributed by atoms with E-state index in [1.807, 2.05) is 0 Å². The van der Waals surface area contributed by atoms with Crippen LogP contribution in [0.15, 0.2) is 36.5 Å². The lowest BCUT2D eigenvalue weighted by Gasteiger charge is -2.11. The van der Waals surface area contributed by atoms with Crippen LogP contribution in [0.2, 0.25) is 10.0 Å². The highest BCUT2D eigenvalue weighted by atomic mass is 35.5. The van der Waals surface area contributed by atoms with Crippen molar-refractivity contribution in [1.82, 2.24) is 19.5 Å². The Kier molecular flexibility index (Phi) is 6.92. The predicted molar refractivity (Wildman–Crippen MR) is 127 cm³/mol. The van der Waals surface area contributed by atoms with E-state index in [1.165, 1.54) is 10.6 Å². The topological polar surface area (TPSA) is 94.0 Å². The van der Waals surface area contributed by atoms with Crippen LogP contribution in [0.1, 0.15) is 22.8 Å². The first kappa shape index (κ1) is 25.5. The molecule has 0 saturated heterocycles. The molecule has 0 radical (unpaired) electrons. The third kappa shape index (κ3) is 5.14. The number of carbonyl (C=O) groups is 1. The van der Waals surface area contributed by atoms with Gasteiger partial charge in [-0.15, -0.1) is 0 Å². The Bertz CT molecular complexity index is 1450. The van der Waals surface area contributed by atoms with Crippen molar-refractivity contribution in [2.75, 3.05) is 17.2 Å². The van der Waals surface area contributed by atoms with Crippen LogP contribution in [0.25, 0.3) is 11.2 Å². The highest BCUT2D eigenvalue weighted by molar-refractivity contribution is 6.39. The smallest absolute Gasteiger partial charge is 0.416 e. The summed E-state index contributed by atoms with van der Waals surface area (Å²) in [5.41, 5.74) is -0.281. The molecule has 2 N–H and O–H groups in total. The van der Waals surface area contributed by atoms with Crippen molar-refractivity contribution < 1.29 is 27.1 Å². The summed E-state index contributed by atoms with van der Waals surface area (Å²) >= 11 is 12.2. The Balaban J connectivity index is 1.71. The maximum absolute atomic E-state index is 13.5. The molecule has 3 heterocycles. The Labute approximate surface area is 211 Å². The van der Waals surface area contributed by atoms with Gasteiger partial charge in [0.25, 0.3) is 5.91 Å². The second kappa shape index (κ2) is 9.78. The first-order chi connectivity index (χ1) is 17.0. The molecule has 4 rings (SSSR count). The summed E-state index contributed by atoms with van der Waals surface area (Å²) in [6.45, 7) is 1.83. The van der Waals surface area contributed by atoms with Gasteiger partial charge in [0.2, 0.25) is 11.8 Å². The van der Waals surface area contributed by atoms with Gasteiger partial charge in [0, 0.05) is 13.2 Å². The minimum absolute atomic E-state index is 0.0173. The summed E-state index contributed by atoms with van der Waals surface area (Å²) in [5, 5.41) is 5.27. The fourth-order valence-electron chi connectivity index (χ4n) is 3.25. The molecular weight excluding hydrogens is 527 g/mol. The summed E-state index contributed by atoms with van der Waals surface area (Å²) in [4.78, 5) is 25.5. The van der Waals surface area contributed by atoms with E-state index in [0.717, 1.165) is 24.4 Å². The highest BCUT2D eigenvalue weighted by Gasteiger charge is 2.31. The fourth-order valence-corrected chi connectivity index (χ4v) is 3.80. The summed E-state index contributed by atoms with van der Waals surface area (Å²) in [7, 11) is 1.62. The number of rotatable bonds is 6. The molecule has 0 aliphatic heterocycles. The molecule has 0 atom stereocenters. The third-order valence-corrected chi connectivity index (χ3v) is 5.50. The molecule has 0 bridgehead atoms. The average molecular weight is 543 g/mol. The van der Waals surface area contributed by atoms with Crippen molar-refractivity contribution in [1.29, 1.82) is 0 Å². The Morgan fingerprint density at radius 3 is 2.47 bits per heavy atom. The molecule has 3 aromatic heterocycles. The number of halogens is 6.